The van der Waals surface area contributed by atoms with E-state index >= 15 is 0 Å². The molecule has 1 amide bonds. The molecule has 1 aliphatic rings. The van der Waals surface area contributed by atoms with E-state index in [0.717, 1.165) is 5.56 Å². The van der Waals surface area contributed by atoms with Gasteiger partial charge < -0.3 is 14.9 Å². The molecule has 8 heteroatoms. The number of rotatable bonds is 4. The molecule has 0 unspecified atom stereocenters. The van der Waals surface area contributed by atoms with Crippen LogP contribution >= 0.6 is 0 Å². The van der Waals surface area contributed by atoms with E-state index in [4.69, 9.17) is 5.11 Å². The van der Waals surface area contributed by atoms with Crippen molar-refractivity contribution in [3.63, 3.8) is 0 Å². The second-order valence-corrected chi connectivity index (χ2v) is 6.58. The second kappa shape index (κ2) is 7.57. The number of alkyl halides is 2. The zero-order valence-corrected chi connectivity index (χ0v) is 15.5. The minimum absolute atomic E-state index is 0.0326. The van der Waals surface area contributed by atoms with Gasteiger partial charge in [0.15, 0.2) is 0 Å². The Morgan fingerprint density at radius 2 is 1.63 bits per heavy atom. The van der Waals surface area contributed by atoms with Crippen molar-refractivity contribution in [3.8, 4) is 11.5 Å². The van der Waals surface area contributed by atoms with Crippen molar-refractivity contribution in [1.82, 2.24) is 0 Å². The van der Waals surface area contributed by atoms with E-state index in [1.54, 1.807) is 23.1 Å². The number of phenolic OH excluding ortho intramolecular Hbond substituents is 1. The van der Waals surface area contributed by atoms with Gasteiger partial charge in [-0.05, 0) is 54.6 Å². The number of aliphatic imine (C=N–C) groups is 1. The van der Waals surface area contributed by atoms with Gasteiger partial charge in [0, 0.05) is 11.3 Å². The molecule has 4 rings (SSSR count). The zero-order chi connectivity index (χ0) is 21.3. The fraction of sp³-hybridized carbons (Fsp3) is 0.0909. The maximum absolute atomic E-state index is 12.9. The van der Waals surface area contributed by atoms with Crippen LogP contribution < -0.4 is 9.64 Å². The van der Waals surface area contributed by atoms with E-state index in [9.17, 15) is 18.7 Å². The standard InChI is InChI=1S/C22H16F2N2O4/c23-22(24,29)30-17-11-5-14(6-12-17)25-19-13-21(28)26(15-7-9-16(27)10-8-15)20-4-2-1-3-18(19)20/h1-12,27,29H,13H2. The first-order valence-electron chi connectivity index (χ1n) is 8.98. The van der Waals surface area contributed by atoms with Crippen LogP contribution in [0, 0.1) is 0 Å². The summed E-state index contributed by atoms with van der Waals surface area (Å²) in [7, 11) is 0. The highest BCUT2D eigenvalue weighted by atomic mass is 19.3. The zero-order valence-electron chi connectivity index (χ0n) is 15.5. The smallest absolute Gasteiger partial charge is 0.508 e. The van der Waals surface area contributed by atoms with Crippen LogP contribution in [0.4, 0.5) is 25.8 Å². The number of benzene rings is 3. The Morgan fingerprint density at radius 1 is 0.967 bits per heavy atom. The average molecular weight is 410 g/mol. The van der Waals surface area contributed by atoms with E-state index in [0.29, 0.717) is 22.8 Å². The number of anilines is 2. The Morgan fingerprint density at radius 3 is 2.30 bits per heavy atom. The molecule has 0 saturated heterocycles. The quantitative estimate of drug-likeness (QED) is 0.621. The minimum Gasteiger partial charge on any atom is -0.508 e. The molecule has 1 heterocycles. The second-order valence-electron chi connectivity index (χ2n) is 6.58. The first kappa shape index (κ1) is 19.5. The van der Waals surface area contributed by atoms with Crippen LogP contribution in [0.15, 0.2) is 77.8 Å². The van der Waals surface area contributed by atoms with Gasteiger partial charge in [0.05, 0.1) is 23.5 Å². The van der Waals surface area contributed by atoms with Crippen molar-refractivity contribution in [2.75, 3.05) is 4.90 Å². The maximum atomic E-state index is 12.9. The van der Waals surface area contributed by atoms with Gasteiger partial charge in [-0.2, -0.15) is 0 Å². The third-order valence-electron chi connectivity index (χ3n) is 4.47. The van der Waals surface area contributed by atoms with Crippen molar-refractivity contribution in [2.45, 2.75) is 12.7 Å². The van der Waals surface area contributed by atoms with Crippen LogP contribution in [-0.4, -0.2) is 28.1 Å². The molecule has 3 aromatic rings. The third kappa shape index (κ3) is 4.13. The van der Waals surface area contributed by atoms with Crippen LogP contribution in [0.1, 0.15) is 12.0 Å². The number of halogens is 2. The van der Waals surface area contributed by atoms with Crippen molar-refractivity contribution >= 4 is 28.7 Å². The van der Waals surface area contributed by atoms with Crippen LogP contribution in [0.25, 0.3) is 0 Å². The first-order valence-corrected chi connectivity index (χ1v) is 8.98. The number of hydrogen-bond acceptors (Lipinski definition) is 5. The van der Waals surface area contributed by atoms with Gasteiger partial charge >= 0.3 is 6.29 Å². The van der Waals surface area contributed by atoms with E-state index in [-0.39, 0.29) is 23.8 Å². The summed E-state index contributed by atoms with van der Waals surface area (Å²) in [6.07, 6.45) is -4.23. The van der Waals surface area contributed by atoms with Gasteiger partial charge in [-0.1, -0.05) is 18.2 Å². The summed E-state index contributed by atoms with van der Waals surface area (Å²) in [6, 6.07) is 19.0. The summed E-state index contributed by atoms with van der Waals surface area (Å²) in [5.41, 5.74) is 3.01. The highest BCUT2D eigenvalue weighted by Crippen LogP contribution is 2.36. The number of para-hydroxylation sites is 1. The molecule has 30 heavy (non-hydrogen) atoms. The lowest BCUT2D eigenvalue weighted by Gasteiger charge is -2.30. The van der Waals surface area contributed by atoms with Crippen LogP contribution in [0.2, 0.25) is 0 Å². The molecule has 0 atom stereocenters. The van der Waals surface area contributed by atoms with Crippen molar-refractivity contribution in [3.05, 3.63) is 78.4 Å². The fourth-order valence-electron chi connectivity index (χ4n) is 3.24. The third-order valence-corrected chi connectivity index (χ3v) is 4.47. The Bertz CT molecular complexity index is 1110. The SMILES string of the molecule is O=C1CC(=Nc2ccc(OC(O)(F)F)cc2)c2ccccc2N1c1ccc(O)cc1. The monoisotopic (exact) mass is 410 g/mol. The van der Waals surface area contributed by atoms with Crippen LogP contribution in [0.5, 0.6) is 11.5 Å². The van der Waals surface area contributed by atoms with Gasteiger partial charge in [0.2, 0.25) is 5.91 Å². The molecule has 3 aromatic carbocycles. The van der Waals surface area contributed by atoms with E-state index in [1.807, 2.05) is 18.2 Å². The number of amides is 1. The Hall–Kier alpha value is -3.78. The average Bonchev–Trinajstić information content (AvgIpc) is 2.70. The summed E-state index contributed by atoms with van der Waals surface area (Å²) >= 11 is 0. The molecule has 0 saturated carbocycles. The van der Waals surface area contributed by atoms with Gasteiger partial charge in [-0.15, -0.1) is 8.78 Å². The summed E-state index contributed by atoms with van der Waals surface area (Å²) < 4.78 is 29.2. The number of fused-ring (bicyclic) bond motifs is 1. The summed E-state index contributed by atoms with van der Waals surface area (Å²) in [6.45, 7) is 0. The Kier molecular flexibility index (Phi) is 4.93. The van der Waals surface area contributed by atoms with Crippen molar-refractivity contribution in [1.29, 1.82) is 0 Å². The predicted molar refractivity (Wildman–Crippen MR) is 107 cm³/mol. The fourth-order valence-corrected chi connectivity index (χ4v) is 3.24. The molecular formula is C22H16F2N2O4. The summed E-state index contributed by atoms with van der Waals surface area (Å²) in [4.78, 5) is 19.0. The number of carbonyl (C=O) groups excluding carboxylic acids is 1. The molecule has 0 bridgehead atoms. The molecule has 0 radical (unpaired) electrons. The van der Waals surface area contributed by atoms with Crippen molar-refractivity contribution in [2.24, 2.45) is 4.99 Å². The molecule has 0 fully saturated rings. The van der Waals surface area contributed by atoms with Gasteiger partial charge in [-0.3, -0.25) is 14.7 Å². The Labute approximate surface area is 170 Å². The number of aliphatic hydroxyl groups is 1. The molecule has 1 aliphatic heterocycles. The van der Waals surface area contributed by atoms with Crippen LogP contribution in [0.3, 0.4) is 0 Å². The first-order chi connectivity index (χ1) is 14.3. The maximum Gasteiger partial charge on any atom is 0.532 e. The molecule has 2 N–H and O–H groups in total. The van der Waals surface area contributed by atoms with Crippen LogP contribution in [-0.2, 0) is 4.79 Å². The molecule has 6 nitrogen and oxygen atoms in total. The number of ether oxygens (including phenoxy) is 1. The number of aromatic hydroxyl groups is 1. The molecular weight excluding hydrogens is 394 g/mol. The van der Waals surface area contributed by atoms with E-state index in [1.165, 1.54) is 36.4 Å². The largest absolute Gasteiger partial charge is 0.532 e. The summed E-state index contributed by atoms with van der Waals surface area (Å²) in [5, 5.41) is 18.0. The lowest BCUT2D eigenvalue weighted by atomic mass is 9.98. The predicted octanol–water partition coefficient (Wildman–Crippen LogP) is 4.50. The molecule has 0 aliphatic carbocycles. The molecule has 152 valence electrons. The number of carbonyl (C=O) groups is 1. The van der Waals surface area contributed by atoms with Gasteiger partial charge in [-0.25, -0.2) is 0 Å². The Balaban J connectivity index is 1.69. The highest BCUT2D eigenvalue weighted by Gasteiger charge is 2.30. The lowest BCUT2D eigenvalue weighted by Crippen LogP contribution is -2.34. The minimum atomic E-state index is -4.26. The van der Waals surface area contributed by atoms with Gasteiger partial charge in [0.1, 0.15) is 11.5 Å². The number of hydrogen-bond donors (Lipinski definition) is 2. The summed E-state index contributed by atoms with van der Waals surface area (Å²) in [5.74, 6) is -0.312. The van der Waals surface area contributed by atoms with E-state index < -0.39 is 6.29 Å². The molecule has 0 aromatic heterocycles. The normalized spacial score (nSPS) is 15.2. The van der Waals surface area contributed by atoms with E-state index in [2.05, 4.69) is 9.73 Å². The molecule has 0 spiro atoms. The van der Waals surface area contributed by atoms with Gasteiger partial charge in [0.25, 0.3) is 0 Å². The lowest BCUT2D eigenvalue weighted by molar-refractivity contribution is -0.327. The number of nitrogens with zero attached hydrogens (tertiary/aromatic N) is 2. The van der Waals surface area contributed by atoms with Crippen molar-refractivity contribution < 1.29 is 28.5 Å². The number of phenols is 1. The highest BCUT2D eigenvalue weighted by molar-refractivity contribution is 6.24. The topological polar surface area (TPSA) is 82.4 Å².